The molecule has 0 spiro atoms. The van der Waals surface area contributed by atoms with Crippen LogP contribution in [0.15, 0.2) is 60.8 Å². The zero-order valence-electron chi connectivity index (χ0n) is 17.8. The van der Waals surface area contributed by atoms with E-state index in [1.165, 1.54) is 34.9 Å². The number of aromatic nitrogens is 1. The minimum atomic E-state index is 0.182. The number of anilines is 1. The molecule has 1 amide bonds. The highest BCUT2D eigenvalue weighted by atomic mass is 16.2. The molecule has 2 aliphatic heterocycles. The van der Waals surface area contributed by atoms with Crippen molar-refractivity contribution >= 4 is 22.5 Å². The van der Waals surface area contributed by atoms with Gasteiger partial charge in [0.1, 0.15) is 0 Å². The molecule has 1 aromatic heterocycles. The van der Waals surface area contributed by atoms with Gasteiger partial charge in [0.15, 0.2) is 0 Å². The van der Waals surface area contributed by atoms with E-state index in [-0.39, 0.29) is 11.9 Å². The second-order valence-corrected chi connectivity index (χ2v) is 9.24. The highest BCUT2D eigenvalue weighted by Crippen LogP contribution is 2.51. The Hall–Kier alpha value is -3.01. The van der Waals surface area contributed by atoms with Crippen molar-refractivity contribution in [2.45, 2.75) is 44.1 Å². The first-order chi connectivity index (χ1) is 15.3. The molecule has 4 nitrogen and oxygen atoms in total. The fourth-order valence-electron chi connectivity index (χ4n) is 5.90. The largest absolute Gasteiger partial charge is 0.377 e. The third-order valence-corrected chi connectivity index (χ3v) is 7.48. The molecule has 2 N–H and O–H groups in total. The second-order valence-electron chi connectivity index (χ2n) is 9.24. The molecule has 1 aliphatic carbocycles. The quantitative estimate of drug-likeness (QED) is 0.507. The molecule has 3 aliphatic rings. The third-order valence-electron chi connectivity index (χ3n) is 7.48. The lowest BCUT2D eigenvalue weighted by molar-refractivity contribution is 0.0762. The van der Waals surface area contributed by atoms with E-state index < -0.39 is 0 Å². The second kappa shape index (κ2) is 7.60. The first-order valence-electron chi connectivity index (χ1n) is 11.7. The van der Waals surface area contributed by atoms with Gasteiger partial charge in [0, 0.05) is 36.1 Å². The van der Waals surface area contributed by atoms with Crippen LogP contribution in [0.25, 0.3) is 10.9 Å². The molecule has 31 heavy (non-hydrogen) atoms. The van der Waals surface area contributed by atoms with Gasteiger partial charge in [-0.1, -0.05) is 55.3 Å². The lowest BCUT2D eigenvalue weighted by Crippen LogP contribution is -2.35. The number of para-hydroxylation sites is 2. The Labute approximate surface area is 183 Å². The number of hydrogen-bond donors (Lipinski definition) is 2. The monoisotopic (exact) mass is 411 g/mol. The van der Waals surface area contributed by atoms with Crippen LogP contribution in [0.3, 0.4) is 0 Å². The number of rotatable bonds is 2. The van der Waals surface area contributed by atoms with Crippen LogP contribution >= 0.6 is 0 Å². The molecule has 0 radical (unpaired) electrons. The van der Waals surface area contributed by atoms with Crippen molar-refractivity contribution in [3.05, 3.63) is 77.5 Å². The predicted octanol–water partition coefficient (Wildman–Crippen LogP) is 6.01. The topological polar surface area (TPSA) is 48.1 Å². The lowest BCUT2D eigenvalue weighted by atomic mass is 9.76. The fourth-order valence-corrected chi connectivity index (χ4v) is 5.90. The summed E-state index contributed by atoms with van der Waals surface area (Å²) in [6, 6.07) is 15.0. The number of likely N-dealkylation sites (tertiary alicyclic amines) is 1. The van der Waals surface area contributed by atoms with Gasteiger partial charge in [-0.2, -0.15) is 0 Å². The summed E-state index contributed by atoms with van der Waals surface area (Å²) in [5.41, 5.74) is 5.62. The Balaban J connectivity index is 1.43. The van der Waals surface area contributed by atoms with Crippen molar-refractivity contribution < 1.29 is 4.79 Å². The number of benzene rings is 2. The van der Waals surface area contributed by atoms with Crippen LogP contribution in [-0.4, -0.2) is 28.9 Å². The molecule has 3 unspecified atom stereocenters. The normalized spacial score (nSPS) is 25.0. The van der Waals surface area contributed by atoms with Crippen molar-refractivity contribution in [2.75, 3.05) is 18.4 Å². The van der Waals surface area contributed by atoms with Crippen LogP contribution in [-0.2, 0) is 0 Å². The zero-order valence-corrected chi connectivity index (χ0v) is 17.8. The van der Waals surface area contributed by atoms with E-state index in [0.717, 1.165) is 43.6 Å². The average molecular weight is 412 g/mol. The molecule has 158 valence electrons. The highest BCUT2D eigenvalue weighted by Gasteiger charge is 2.40. The minimum Gasteiger partial charge on any atom is -0.377 e. The molecular weight excluding hydrogens is 382 g/mol. The van der Waals surface area contributed by atoms with Crippen LogP contribution in [0, 0.1) is 5.92 Å². The van der Waals surface area contributed by atoms with Gasteiger partial charge >= 0.3 is 0 Å². The summed E-state index contributed by atoms with van der Waals surface area (Å²) in [7, 11) is 0. The summed E-state index contributed by atoms with van der Waals surface area (Å²) < 4.78 is 0. The van der Waals surface area contributed by atoms with E-state index in [1.54, 1.807) is 0 Å². The van der Waals surface area contributed by atoms with E-state index in [0.29, 0.717) is 11.8 Å². The minimum absolute atomic E-state index is 0.182. The number of H-pyrrole nitrogens is 1. The summed E-state index contributed by atoms with van der Waals surface area (Å²) in [5, 5.41) is 5.13. The summed E-state index contributed by atoms with van der Waals surface area (Å²) >= 11 is 0. The summed E-state index contributed by atoms with van der Waals surface area (Å²) in [6.07, 6.45) is 12.6. The SMILES string of the molecule is O=C(c1cccc2c1NC(c1c[nH]c3ccccc13)C1CC=CC21)N1CCCCCC1. The molecule has 4 heteroatoms. The van der Waals surface area contributed by atoms with E-state index in [2.05, 4.69) is 69.9 Å². The molecule has 1 fully saturated rings. The smallest absolute Gasteiger partial charge is 0.255 e. The number of amides is 1. The standard InChI is InChI=1S/C27H29N3O/c31-27(30-15-5-1-2-6-16-30)22-13-8-12-20-18-10-7-11-21(18)26(29-25(20)22)23-17-28-24-14-4-3-9-19(23)24/h3-4,7-10,12-14,17-18,21,26,28-29H,1-2,5-6,11,15-16H2. The van der Waals surface area contributed by atoms with Crippen LogP contribution < -0.4 is 5.32 Å². The molecular formula is C27H29N3O. The van der Waals surface area contributed by atoms with Crippen molar-refractivity contribution in [1.29, 1.82) is 0 Å². The summed E-state index contributed by atoms with van der Waals surface area (Å²) in [6.45, 7) is 1.75. The molecule has 3 aromatic rings. The average Bonchev–Trinajstić information content (AvgIpc) is 3.38. The Kier molecular flexibility index (Phi) is 4.59. The van der Waals surface area contributed by atoms with Crippen LogP contribution in [0.5, 0.6) is 0 Å². The Morgan fingerprint density at radius 3 is 2.65 bits per heavy atom. The number of hydrogen-bond acceptors (Lipinski definition) is 2. The molecule has 0 saturated carbocycles. The first kappa shape index (κ1) is 18.7. The summed E-state index contributed by atoms with van der Waals surface area (Å²) in [4.78, 5) is 19.1. The van der Waals surface area contributed by atoms with Crippen LogP contribution in [0.2, 0.25) is 0 Å². The van der Waals surface area contributed by atoms with Gasteiger partial charge < -0.3 is 15.2 Å². The number of carbonyl (C=O) groups excluding carboxylic acids is 1. The van der Waals surface area contributed by atoms with Gasteiger partial charge in [-0.25, -0.2) is 0 Å². The maximum absolute atomic E-state index is 13.6. The van der Waals surface area contributed by atoms with Gasteiger partial charge in [0.25, 0.3) is 5.91 Å². The van der Waals surface area contributed by atoms with Crippen LogP contribution in [0.4, 0.5) is 5.69 Å². The molecule has 1 saturated heterocycles. The van der Waals surface area contributed by atoms with Gasteiger partial charge in [0.2, 0.25) is 0 Å². The van der Waals surface area contributed by atoms with Crippen molar-refractivity contribution in [2.24, 2.45) is 5.92 Å². The number of fused-ring (bicyclic) bond motifs is 4. The van der Waals surface area contributed by atoms with E-state index >= 15 is 0 Å². The first-order valence-corrected chi connectivity index (χ1v) is 11.7. The Bertz CT molecular complexity index is 1150. The molecule has 3 atom stereocenters. The van der Waals surface area contributed by atoms with Crippen molar-refractivity contribution in [3.63, 3.8) is 0 Å². The Morgan fingerprint density at radius 1 is 0.935 bits per heavy atom. The number of nitrogens with zero attached hydrogens (tertiary/aromatic N) is 1. The van der Waals surface area contributed by atoms with Crippen molar-refractivity contribution in [3.8, 4) is 0 Å². The molecule has 3 heterocycles. The highest BCUT2D eigenvalue weighted by molar-refractivity contribution is 6.01. The molecule has 6 rings (SSSR count). The van der Waals surface area contributed by atoms with Gasteiger partial charge in [-0.15, -0.1) is 0 Å². The van der Waals surface area contributed by atoms with Crippen molar-refractivity contribution in [1.82, 2.24) is 9.88 Å². The lowest BCUT2D eigenvalue weighted by Gasteiger charge is -2.38. The fraction of sp³-hybridized carbons (Fsp3) is 0.370. The maximum atomic E-state index is 13.6. The number of allylic oxidation sites excluding steroid dienone is 2. The Morgan fingerprint density at radius 2 is 1.77 bits per heavy atom. The van der Waals surface area contributed by atoms with Gasteiger partial charge in [-0.3, -0.25) is 4.79 Å². The zero-order chi connectivity index (χ0) is 20.8. The van der Waals surface area contributed by atoms with E-state index in [4.69, 9.17) is 0 Å². The maximum Gasteiger partial charge on any atom is 0.255 e. The number of aromatic amines is 1. The third kappa shape index (κ3) is 3.08. The predicted molar refractivity (Wildman–Crippen MR) is 125 cm³/mol. The van der Waals surface area contributed by atoms with Gasteiger partial charge in [-0.05, 0) is 48.4 Å². The van der Waals surface area contributed by atoms with E-state index in [1.807, 2.05) is 6.07 Å². The number of carbonyl (C=O) groups is 1. The van der Waals surface area contributed by atoms with Crippen LogP contribution in [0.1, 0.15) is 65.5 Å². The van der Waals surface area contributed by atoms with E-state index in [9.17, 15) is 4.79 Å². The number of nitrogens with one attached hydrogen (secondary N) is 2. The molecule has 2 aromatic carbocycles. The van der Waals surface area contributed by atoms with Gasteiger partial charge in [0.05, 0.1) is 17.3 Å². The summed E-state index contributed by atoms with van der Waals surface area (Å²) in [5.74, 6) is 1.01. The molecule has 0 bridgehead atoms.